The molecule has 6 heteroatoms. The minimum atomic E-state index is -1.19. The summed E-state index contributed by atoms with van der Waals surface area (Å²) in [7, 11) is 0. The monoisotopic (exact) mass is 381 g/mol. The van der Waals surface area contributed by atoms with E-state index in [0.29, 0.717) is 18.8 Å². The van der Waals surface area contributed by atoms with E-state index >= 15 is 0 Å². The lowest BCUT2D eigenvalue weighted by Gasteiger charge is -2.33. The van der Waals surface area contributed by atoms with E-state index in [0.717, 1.165) is 17.5 Å². The molecule has 2 aromatic rings. The smallest absolute Gasteiger partial charge is 0.322 e. The highest BCUT2D eigenvalue weighted by Crippen LogP contribution is 2.27. The number of amides is 3. The SMILES string of the molecule is Cc1ccccc1NC(=O)N1C[C@@H](F)C[C@H]1C(=O)N1CCc2ccccc2C1. The topological polar surface area (TPSA) is 52.7 Å². The van der Waals surface area contributed by atoms with Crippen molar-refractivity contribution >= 4 is 17.6 Å². The second kappa shape index (κ2) is 7.62. The van der Waals surface area contributed by atoms with E-state index in [1.54, 1.807) is 11.0 Å². The first-order valence-electron chi connectivity index (χ1n) is 9.66. The Labute approximate surface area is 164 Å². The minimum Gasteiger partial charge on any atom is -0.336 e. The van der Waals surface area contributed by atoms with Crippen LogP contribution in [0.3, 0.4) is 0 Å². The van der Waals surface area contributed by atoms with Crippen molar-refractivity contribution < 1.29 is 14.0 Å². The molecule has 0 saturated carbocycles. The first-order chi connectivity index (χ1) is 13.5. The van der Waals surface area contributed by atoms with Crippen molar-refractivity contribution in [3.05, 3.63) is 65.2 Å². The molecule has 1 fully saturated rings. The van der Waals surface area contributed by atoms with Gasteiger partial charge in [0, 0.05) is 25.2 Å². The normalized spacial score (nSPS) is 21.4. The Kier molecular flexibility index (Phi) is 5.03. The summed E-state index contributed by atoms with van der Waals surface area (Å²) in [5.74, 6) is -0.172. The third-order valence-corrected chi connectivity index (χ3v) is 5.62. The van der Waals surface area contributed by atoms with E-state index in [4.69, 9.17) is 0 Å². The third kappa shape index (κ3) is 3.59. The molecule has 2 aromatic carbocycles. The summed E-state index contributed by atoms with van der Waals surface area (Å²) in [5.41, 5.74) is 3.96. The summed E-state index contributed by atoms with van der Waals surface area (Å²) in [6.45, 7) is 2.94. The van der Waals surface area contributed by atoms with E-state index < -0.39 is 18.2 Å². The van der Waals surface area contributed by atoms with Crippen molar-refractivity contribution in [3.63, 3.8) is 0 Å². The fourth-order valence-electron chi connectivity index (χ4n) is 4.04. The number of carbonyl (C=O) groups is 2. The maximum atomic E-state index is 14.2. The van der Waals surface area contributed by atoms with Crippen molar-refractivity contribution in [3.8, 4) is 0 Å². The molecule has 3 amide bonds. The highest BCUT2D eigenvalue weighted by molar-refractivity contribution is 5.95. The Morgan fingerprint density at radius 2 is 1.79 bits per heavy atom. The molecule has 2 aliphatic heterocycles. The van der Waals surface area contributed by atoms with Crippen molar-refractivity contribution in [2.24, 2.45) is 0 Å². The molecule has 0 aliphatic carbocycles. The van der Waals surface area contributed by atoms with E-state index in [9.17, 15) is 14.0 Å². The number of rotatable bonds is 2. The van der Waals surface area contributed by atoms with Crippen LogP contribution >= 0.6 is 0 Å². The van der Waals surface area contributed by atoms with Crippen molar-refractivity contribution in [2.75, 3.05) is 18.4 Å². The predicted molar refractivity (Wildman–Crippen MR) is 106 cm³/mol. The highest BCUT2D eigenvalue weighted by atomic mass is 19.1. The van der Waals surface area contributed by atoms with Gasteiger partial charge in [-0.25, -0.2) is 9.18 Å². The number of benzene rings is 2. The number of aryl methyl sites for hydroxylation is 1. The fraction of sp³-hybridized carbons (Fsp3) is 0.364. The molecule has 0 unspecified atom stereocenters. The number of hydrogen-bond donors (Lipinski definition) is 1. The van der Waals surface area contributed by atoms with Crippen LogP contribution in [0.25, 0.3) is 0 Å². The summed E-state index contributed by atoms with van der Waals surface area (Å²) in [6, 6.07) is 14.3. The summed E-state index contributed by atoms with van der Waals surface area (Å²) in [4.78, 5) is 29.0. The number of anilines is 1. The van der Waals surface area contributed by atoms with Crippen LogP contribution in [0.1, 0.15) is 23.1 Å². The molecule has 28 heavy (non-hydrogen) atoms. The van der Waals surface area contributed by atoms with Gasteiger partial charge < -0.3 is 15.1 Å². The molecule has 0 bridgehead atoms. The second-order valence-electron chi connectivity index (χ2n) is 7.52. The Balaban J connectivity index is 1.49. The lowest BCUT2D eigenvalue weighted by atomic mass is 9.99. The third-order valence-electron chi connectivity index (χ3n) is 5.62. The van der Waals surface area contributed by atoms with Gasteiger partial charge in [0.1, 0.15) is 12.2 Å². The summed E-state index contributed by atoms with van der Waals surface area (Å²) in [5, 5.41) is 2.83. The van der Waals surface area contributed by atoms with Crippen LogP contribution in [0.4, 0.5) is 14.9 Å². The van der Waals surface area contributed by atoms with Crippen LogP contribution in [0, 0.1) is 6.92 Å². The van der Waals surface area contributed by atoms with Gasteiger partial charge in [-0.3, -0.25) is 4.79 Å². The second-order valence-corrected chi connectivity index (χ2v) is 7.52. The molecule has 0 aromatic heterocycles. The van der Waals surface area contributed by atoms with E-state index in [1.807, 2.05) is 43.3 Å². The molecule has 2 heterocycles. The summed E-state index contributed by atoms with van der Waals surface area (Å²) in [6.07, 6.45) is -0.352. The number of alkyl halides is 1. The van der Waals surface area contributed by atoms with Gasteiger partial charge in [-0.15, -0.1) is 0 Å². The Hall–Kier alpha value is -2.89. The number of urea groups is 1. The van der Waals surface area contributed by atoms with Gasteiger partial charge in [0.2, 0.25) is 5.91 Å². The lowest BCUT2D eigenvalue weighted by molar-refractivity contribution is -0.136. The van der Waals surface area contributed by atoms with Crippen LogP contribution < -0.4 is 5.32 Å². The number of nitrogens with one attached hydrogen (secondary N) is 1. The van der Waals surface area contributed by atoms with Gasteiger partial charge in [-0.05, 0) is 36.1 Å². The number of hydrogen-bond acceptors (Lipinski definition) is 2. The minimum absolute atomic E-state index is 0.0537. The number of para-hydroxylation sites is 1. The van der Waals surface area contributed by atoms with Crippen molar-refractivity contribution in [2.45, 2.75) is 38.5 Å². The zero-order valence-corrected chi connectivity index (χ0v) is 15.9. The Bertz CT molecular complexity index is 901. The van der Waals surface area contributed by atoms with Crippen molar-refractivity contribution in [1.82, 2.24) is 9.80 Å². The number of likely N-dealkylation sites (tertiary alicyclic amines) is 1. The summed E-state index contributed by atoms with van der Waals surface area (Å²) >= 11 is 0. The zero-order chi connectivity index (χ0) is 19.7. The Morgan fingerprint density at radius 3 is 2.57 bits per heavy atom. The maximum absolute atomic E-state index is 14.2. The molecule has 0 spiro atoms. The van der Waals surface area contributed by atoms with Gasteiger partial charge in [-0.2, -0.15) is 0 Å². The number of nitrogens with zero attached hydrogens (tertiary/aromatic N) is 2. The fourth-order valence-corrected chi connectivity index (χ4v) is 4.04. The van der Waals surface area contributed by atoms with E-state index in [1.165, 1.54) is 10.5 Å². The molecule has 0 radical (unpaired) electrons. The molecule has 5 nitrogen and oxygen atoms in total. The predicted octanol–water partition coefficient (Wildman–Crippen LogP) is 3.52. The van der Waals surface area contributed by atoms with Gasteiger partial charge in [0.25, 0.3) is 0 Å². The first kappa shape index (κ1) is 18.5. The average Bonchev–Trinajstić information content (AvgIpc) is 3.10. The summed E-state index contributed by atoms with van der Waals surface area (Å²) < 4.78 is 14.2. The Morgan fingerprint density at radius 1 is 1.07 bits per heavy atom. The first-order valence-corrected chi connectivity index (χ1v) is 9.66. The maximum Gasteiger partial charge on any atom is 0.322 e. The van der Waals surface area contributed by atoms with Gasteiger partial charge in [-0.1, -0.05) is 42.5 Å². The molecule has 2 aliphatic rings. The number of carbonyl (C=O) groups excluding carboxylic acids is 2. The largest absolute Gasteiger partial charge is 0.336 e. The number of fused-ring (bicyclic) bond motifs is 1. The van der Waals surface area contributed by atoms with Crippen LogP contribution in [0.2, 0.25) is 0 Å². The molecule has 1 saturated heterocycles. The van der Waals surface area contributed by atoms with E-state index in [2.05, 4.69) is 11.4 Å². The van der Waals surface area contributed by atoms with Crippen LogP contribution in [0.5, 0.6) is 0 Å². The highest BCUT2D eigenvalue weighted by Gasteiger charge is 2.42. The van der Waals surface area contributed by atoms with Gasteiger partial charge in [0.15, 0.2) is 0 Å². The standard InChI is InChI=1S/C22H24FN3O2/c1-15-6-2-5-9-19(15)24-22(28)26-14-18(23)12-20(26)21(27)25-11-10-16-7-3-4-8-17(16)13-25/h2-9,18,20H,10-14H2,1H3,(H,24,28)/t18-,20-/m0/s1. The molecule has 2 atom stereocenters. The molecular formula is C22H24FN3O2. The van der Waals surface area contributed by atoms with Crippen LogP contribution in [-0.2, 0) is 17.8 Å². The van der Waals surface area contributed by atoms with E-state index in [-0.39, 0.29) is 18.9 Å². The number of halogens is 1. The molecule has 4 rings (SSSR count). The van der Waals surface area contributed by atoms with Crippen LogP contribution in [-0.4, -0.2) is 47.0 Å². The van der Waals surface area contributed by atoms with Gasteiger partial charge in [0.05, 0.1) is 6.54 Å². The average molecular weight is 381 g/mol. The van der Waals surface area contributed by atoms with Crippen molar-refractivity contribution in [1.29, 1.82) is 0 Å². The zero-order valence-electron chi connectivity index (χ0n) is 15.9. The molecule has 146 valence electrons. The van der Waals surface area contributed by atoms with Crippen LogP contribution in [0.15, 0.2) is 48.5 Å². The lowest BCUT2D eigenvalue weighted by Crippen LogP contribution is -2.50. The van der Waals surface area contributed by atoms with Gasteiger partial charge >= 0.3 is 6.03 Å². The molecule has 1 N–H and O–H groups in total. The molecular weight excluding hydrogens is 357 g/mol. The quantitative estimate of drug-likeness (QED) is 0.865.